The summed E-state index contributed by atoms with van der Waals surface area (Å²) in [6.07, 6.45) is 0. The van der Waals surface area contributed by atoms with Crippen molar-refractivity contribution in [3.05, 3.63) is 0 Å². The average molecular weight is 406 g/mol. The predicted octanol–water partition coefficient (Wildman–Crippen LogP) is -8.05. The molecule has 0 radical (unpaired) electrons. The van der Waals surface area contributed by atoms with E-state index in [9.17, 15) is 24.3 Å². The van der Waals surface area contributed by atoms with Gasteiger partial charge in [0.05, 0.1) is 25.6 Å². The van der Waals surface area contributed by atoms with Gasteiger partial charge < -0.3 is 36.2 Å². The number of carbonyl (C=O) groups is 4. The second kappa shape index (κ2) is 18.6. The van der Waals surface area contributed by atoms with Crippen molar-refractivity contribution in [3.8, 4) is 0 Å². The summed E-state index contributed by atoms with van der Waals surface area (Å²) in [5.41, 5.74) is 0. The molecule has 0 aliphatic heterocycles. The number of hydrogen-bond acceptors (Lipinski definition) is 7. The summed E-state index contributed by atoms with van der Waals surface area (Å²) < 4.78 is 0. The third-order valence-corrected chi connectivity index (χ3v) is 2.16. The zero-order chi connectivity index (χ0) is 15.7. The molecular formula is C10H19FeN2NaO10. The van der Waals surface area contributed by atoms with Crippen molar-refractivity contribution >= 4 is 23.9 Å². The molecule has 0 aromatic rings. The van der Waals surface area contributed by atoms with E-state index in [2.05, 4.69) is 0 Å². The first kappa shape index (κ1) is 34.6. The van der Waals surface area contributed by atoms with Gasteiger partial charge in [0.2, 0.25) is 0 Å². The topological polar surface area (TPSA) is 222 Å². The SMILES string of the molecule is O.O.O=C([O-])CN(CCN(CC(=O)O)CC(=O)O)CC(=O)O.[Fe].[Na+]. The summed E-state index contributed by atoms with van der Waals surface area (Å²) in [7, 11) is 0. The molecule has 138 valence electrons. The van der Waals surface area contributed by atoms with Gasteiger partial charge in [-0.05, 0) is 0 Å². The third-order valence-electron chi connectivity index (χ3n) is 2.16. The Morgan fingerprint density at radius 2 is 0.958 bits per heavy atom. The number of nitrogens with zero attached hydrogens (tertiary/aromatic N) is 2. The molecule has 0 unspecified atom stereocenters. The summed E-state index contributed by atoms with van der Waals surface area (Å²) in [5.74, 6) is -5.21. The second-order valence-electron chi connectivity index (χ2n) is 3.97. The number of hydrogen-bond donors (Lipinski definition) is 3. The van der Waals surface area contributed by atoms with E-state index < -0.39 is 50.1 Å². The van der Waals surface area contributed by atoms with Crippen LogP contribution in [-0.2, 0) is 36.2 Å². The third kappa shape index (κ3) is 21.2. The van der Waals surface area contributed by atoms with Crippen LogP contribution in [0, 0.1) is 0 Å². The first-order valence-electron chi connectivity index (χ1n) is 5.50. The van der Waals surface area contributed by atoms with Gasteiger partial charge in [-0.25, -0.2) is 0 Å². The molecule has 0 saturated heterocycles. The molecular weight excluding hydrogens is 387 g/mol. The van der Waals surface area contributed by atoms with Crippen LogP contribution in [0.5, 0.6) is 0 Å². The van der Waals surface area contributed by atoms with Crippen LogP contribution in [0.25, 0.3) is 0 Å². The average Bonchev–Trinajstić information content (AvgIpc) is 2.22. The van der Waals surface area contributed by atoms with Gasteiger partial charge in [-0.1, -0.05) is 0 Å². The van der Waals surface area contributed by atoms with Crippen molar-refractivity contribution in [1.82, 2.24) is 9.80 Å². The Balaban J connectivity index is -0.000000301. The minimum atomic E-state index is -1.48. The van der Waals surface area contributed by atoms with Crippen molar-refractivity contribution in [3.63, 3.8) is 0 Å². The van der Waals surface area contributed by atoms with Crippen LogP contribution in [0.15, 0.2) is 0 Å². The smallest absolute Gasteiger partial charge is 0.549 e. The van der Waals surface area contributed by atoms with Gasteiger partial charge in [0.1, 0.15) is 0 Å². The Bertz CT molecular complexity index is 330. The second-order valence-corrected chi connectivity index (χ2v) is 3.97. The molecule has 0 aliphatic carbocycles. The summed E-state index contributed by atoms with van der Waals surface area (Å²) in [6.45, 7) is -2.50. The van der Waals surface area contributed by atoms with Gasteiger partial charge in [-0.15, -0.1) is 0 Å². The van der Waals surface area contributed by atoms with Gasteiger partial charge in [0, 0.05) is 36.7 Å². The van der Waals surface area contributed by atoms with Crippen LogP contribution in [0.1, 0.15) is 0 Å². The van der Waals surface area contributed by atoms with Crippen LogP contribution in [0.4, 0.5) is 0 Å². The van der Waals surface area contributed by atoms with E-state index in [0.717, 1.165) is 9.80 Å². The van der Waals surface area contributed by atoms with Crippen molar-refractivity contribution < 1.29 is 97.2 Å². The first-order chi connectivity index (χ1) is 9.20. The molecule has 0 fully saturated rings. The standard InChI is InChI=1S/C10H16N2O8.Fe.Na.2H2O/c13-7(14)3-11(4-8(15)16)1-2-12(5-9(17)18)6-10(19)20;;;;/h1-6H2,(H,13,14)(H,15,16)(H,17,18)(H,19,20);;;2*1H2/q;;+1;;/p-1. The Hall–Kier alpha value is -0.761. The monoisotopic (exact) mass is 406 g/mol. The maximum atomic E-state index is 10.5. The van der Waals surface area contributed by atoms with Gasteiger partial charge in [-0.2, -0.15) is 0 Å². The van der Waals surface area contributed by atoms with E-state index in [1.165, 1.54) is 0 Å². The van der Waals surface area contributed by atoms with E-state index in [0.29, 0.717) is 0 Å². The van der Waals surface area contributed by atoms with Crippen molar-refractivity contribution in [2.24, 2.45) is 0 Å². The van der Waals surface area contributed by atoms with Crippen molar-refractivity contribution in [2.75, 3.05) is 39.3 Å². The maximum Gasteiger partial charge on any atom is 1.00 e. The fourth-order valence-electron chi connectivity index (χ4n) is 1.47. The van der Waals surface area contributed by atoms with Gasteiger partial charge in [0.25, 0.3) is 0 Å². The summed E-state index contributed by atoms with van der Waals surface area (Å²) in [4.78, 5) is 44.1. The summed E-state index contributed by atoms with van der Waals surface area (Å²) in [6, 6.07) is 0. The fourth-order valence-corrected chi connectivity index (χ4v) is 1.47. The van der Waals surface area contributed by atoms with Gasteiger partial charge >= 0.3 is 47.5 Å². The van der Waals surface area contributed by atoms with Gasteiger partial charge in [0.15, 0.2) is 0 Å². The molecule has 0 aromatic heterocycles. The Labute approximate surface area is 169 Å². The molecule has 0 bridgehead atoms. The fraction of sp³-hybridized carbons (Fsp3) is 0.600. The van der Waals surface area contributed by atoms with Crippen molar-refractivity contribution in [2.45, 2.75) is 0 Å². The Morgan fingerprint density at radius 3 is 1.17 bits per heavy atom. The number of aliphatic carboxylic acids is 4. The Morgan fingerprint density at radius 1 is 0.708 bits per heavy atom. The maximum absolute atomic E-state index is 10.5. The Kier molecular flexibility index (Phi) is 26.7. The quantitative estimate of drug-likeness (QED) is 0.275. The molecule has 14 heteroatoms. The summed E-state index contributed by atoms with van der Waals surface area (Å²) in [5, 5.41) is 36.3. The van der Waals surface area contributed by atoms with Crippen LogP contribution in [0.3, 0.4) is 0 Å². The molecule has 0 spiro atoms. The van der Waals surface area contributed by atoms with E-state index >= 15 is 0 Å². The molecule has 12 nitrogen and oxygen atoms in total. The molecule has 0 saturated carbocycles. The molecule has 0 heterocycles. The number of carboxylic acids is 4. The van der Waals surface area contributed by atoms with Crippen LogP contribution in [0.2, 0.25) is 0 Å². The van der Waals surface area contributed by atoms with Gasteiger partial charge in [-0.3, -0.25) is 24.2 Å². The van der Waals surface area contributed by atoms with Crippen LogP contribution in [-0.4, -0.2) is 99.2 Å². The zero-order valence-corrected chi connectivity index (χ0v) is 16.0. The predicted molar refractivity (Wildman–Crippen MR) is 68.0 cm³/mol. The minimum absolute atomic E-state index is 0. The number of carboxylic acid groups (broad SMARTS) is 4. The molecule has 0 atom stereocenters. The molecule has 24 heavy (non-hydrogen) atoms. The van der Waals surface area contributed by atoms with E-state index in [4.69, 9.17) is 15.3 Å². The van der Waals surface area contributed by atoms with Crippen molar-refractivity contribution in [1.29, 1.82) is 0 Å². The first-order valence-corrected chi connectivity index (χ1v) is 5.50. The van der Waals surface area contributed by atoms with E-state index in [1.54, 1.807) is 0 Å². The van der Waals surface area contributed by atoms with Crippen LogP contribution >= 0.6 is 0 Å². The molecule has 0 amide bonds. The number of rotatable bonds is 11. The largest absolute Gasteiger partial charge is 1.00 e. The molecule has 0 aliphatic rings. The number of carbonyl (C=O) groups excluding carboxylic acids is 1. The van der Waals surface area contributed by atoms with Crippen LogP contribution < -0.4 is 34.7 Å². The minimum Gasteiger partial charge on any atom is -0.549 e. The zero-order valence-electron chi connectivity index (χ0n) is 12.9. The van der Waals surface area contributed by atoms with E-state index in [-0.39, 0.29) is 70.7 Å². The molecule has 0 aromatic carbocycles. The summed E-state index contributed by atoms with van der Waals surface area (Å²) >= 11 is 0. The normalized spacial score (nSPS) is 8.92. The van der Waals surface area contributed by atoms with E-state index in [1.807, 2.05) is 0 Å². The molecule has 7 N–H and O–H groups in total. The molecule has 0 rings (SSSR count).